The Morgan fingerprint density at radius 1 is 0.932 bits per heavy atom. The number of methoxy groups -OCH3 is 1. The Labute approximate surface area is 247 Å². The number of carbonyl (C=O) groups excluding carboxylic acids is 2. The molecule has 0 fully saturated rings. The third kappa shape index (κ3) is 5.52. The van der Waals surface area contributed by atoms with Crippen LogP contribution in [-0.2, 0) is 6.18 Å². The zero-order chi connectivity index (χ0) is 30.8. The summed E-state index contributed by atoms with van der Waals surface area (Å²) in [5.74, 6) is -0.0634. The number of aromatic nitrogens is 1. The molecule has 0 bridgehead atoms. The third-order valence-electron chi connectivity index (χ3n) is 6.81. The maximum absolute atomic E-state index is 13.8. The van der Waals surface area contributed by atoms with Crippen LogP contribution in [0, 0.1) is 0 Å². The fraction of sp³-hybridized carbons (Fsp3) is 0.0938. The van der Waals surface area contributed by atoms with Gasteiger partial charge >= 0.3 is 12.1 Å². The first kappa shape index (κ1) is 28.3. The van der Waals surface area contributed by atoms with E-state index in [2.05, 4.69) is 15.5 Å². The molecule has 44 heavy (non-hydrogen) atoms. The van der Waals surface area contributed by atoms with Gasteiger partial charge in [-0.15, -0.1) is 0 Å². The zero-order valence-corrected chi connectivity index (χ0v) is 22.9. The maximum Gasteiger partial charge on any atom is 0.418 e. The molecule has 6 rings (SSSR count). The lowest BCUT2D eigenvalue weighted by atomic mass is 10.0. The maximum atomic E-state index is 13.8. The number of H-pyrrole nitrogens is 1. The number of ether oxygens (including phenoxy) is 4. The molecular weight excluding hydrogens is 579 g/mol. The quantitative estimate of drug-likeness (QED) is 0.0945. The number of benzene rings is 4. The Kier molecular flexibility index (Phi) is 7.39. The number of amides is 1. The molecule has 1 amide bonds. The summed E-state index contributed by atoms with van der Waals surface area (Å²) < 4.78 is 62.7. The molecule has 2 heterocycles. The van der Waals surface area contributed by atoms with Gasteiger partial charge in [-0.2, -0.15) is 18.3 Å². The van der Waals surface area contributed by atoms with Crippen molar-refractivity contribution in [1.82, 2.24) is 10.4 Å². The van der Waals surface area contributed by atoms with Gasteiger partial charge in [-0.1, -0.05) is 42.5 Å². The topological polar surface area (TPSA) is 111 Å². The minimum atomic E-state index is -4.63. The number of hydrogen-bond donors (Lipinski definition) is 2. The molecule has 222 valence electrons. The van der Waals surface area contributed by atoms with Crippen LogP contribution in [0.15, 0.2) is 90.0 Å². The Morgan fingerprint density at radius 2 is 1.73 bits per heavy atom. The van der Waals surface area contributed by atoms with Gasteiger partial charge in [-0.3, -0.25) is 4.79 Å². The second-order valence-corrected chi connectivity index (χ2v) is 9.53. The average Bonchev–Trinajstić information content (AvgIpc) is 3.66. The van der Waals surface area contributed by atoms with Crippen LogP contribution >= 0.6 is 0 Å². The predicted octanol–water partition coefficient (Wildman–Crippen LogP) is 6.57. The van der Waals surface area contributed by atoms with Crippen LogP contribution in [-0.4, -0.2) is 37.0 Å². The monoisotopic (exact) mass is 601 g/mol. The lowest BCUT2D eigenvalue weighted by molar-refractivity contribution is -0.136. The van der Waals surface area contributed by atoms with E-state index in [9.17, 15) is 22.8 Å². The smallest absolute Gasteiger partial charge is 0.418 e. The van der Waals surface area contributed by atoms with Crippen LogP contribution in [0.4, 0.5) is 13.2 Å². The average molecular weight is 602 g/mol. The van der Waals surface area contributed by atoms with Gasteiger partial charge in [0.15, 0.2) is 23.0 Å². The molecule has 0 spiro atoms. The highest BCUT2D eigenvalue weighted by atomic mass is 19.4. The fourth-order valence-electron chi connectivity index (χ4n) is 4.78. The van der Waals surface area contributed by atoms with Crippen molar-refractivity contribution in [3.8, 4) is 34.1 Å². The molecule has 9 nitrogen and oxygen atoms in total. The highest BCUT2D eigenvalue weighted by Gasteiger charge is 2.34. The molecule has 0 atom stereocenters. The summed E-state index contributed by atoms with van der Waals surface area (Å²) in [5, 5.41) is 4.23. The number of para-hydroxylation sites is 1. The fourth-order valence-corrected chi connectivity index (χ4v) is 4.78. The Morgan fingerprint density at radius 3 is 2.50 bits per heavy atom. The van der Waals surface area contributed by atoms with Gasteiger partial charge < -0.3 is 23.9 Å². The van der Waals surface area contributed by atoms with Crippen molar-refractivity contribution in [1.29, 1.82) is 0 Å². The Balaban J connectivity index is 1.22. The SMILES string of the molecule is COc1cc(C=NNC(=O)c2[nH]c3c(C(F)(F)F)cccc3c2-c2ccccc2)ccc1OC(=O)c1ccc2c(c1)OCO2. The van der Waals surface area contributed by atoms with Gasteiger partial charge in [0.05, 0.1) is 30.0 Å². The van der Waals surface area contributed by atoms with E-state index in [1.165, 1.54) is 43.7 Å². The summed E-state index contributed by atoms with van der Waals surface area (Å²) >= 11 is 0. The molecule has 5 aromatic rings. The Bertz CT molecular complexity index is 1920. The number of aromatic amines is 1. The number of esters is 1. The molecule has 4 aromatic carbocycles. The van der Waals surface area contributed by atoms with Crippen LogP contribution in [0.3, 0.4) is 0 Å². The van der Waals surface area contributed by atoms with Gasteiger partial charge in [0.25, 0.3) is 5.91 Å². The number of nitrogens with one attached hydrogen (secondary N) is 2. The van der Waals surface area contributed by atoms with E-state index < -0.39 is 23.6 Å². The molecule has 1 aliphatic heterocycles. The minimum absolute atomic E-state index is 0.0695. The van der Waals surface area contributed by atoms with Gasteiger partial charge in [0, 0.05) is 10.9 Å². The second-order valence-electron chi connectivity index (χ2n) is 9.53. The summed E-state index contributed by atoms with van der Waals surface area (Å²) in [5.41, 5.74) is 2.80. The first-order valence-corrected chi connectivity index (χ1v) is 13.1. The number of halogens is 3. The minimum Gasteiger partial charge on any atom is -0.493 e. The number of hydrazone groups is 1. The van der Waals surface area contributed by atoms with Gasteiger partial charge in [-0.25, -0.2) is 10.2 Å². The largest absolute Gasteiger partial charge is 0.493 e. The standard InChI is InChI=1S/C32H22F3N3O6/c1-41-25-14-18(10-12-24(25)44-31(40)20-11-13-23-26(15-20)43-17-42-23)16-36-38-30(39)29-27(19-6-3-2-4-7-19)21-8-5-9-22(28(21)37-29)32(33,34)35/h2-16,37H,17H2,1H3,(H,38,39). The summed E-state index contributed by atoms with van der Waals surface area (Å²) in [6.45, 7) is 0.0695. The lowest BCUT2D eigenvalue weighted by Gasteiger charge is -2.10. The van der Waals surface area contributed by atoms with Gasteiger partial charge in [0.2, 0.25) is 6.79 Å². The predicted molar refractivity (Wildman–Crippen MR) is 154 cm³/mol. The summed E-state index contributed by atoms with van der Waals surface area (Å²) in [7, 11) is 1.40. The van der Waals surface area contributed by atoms with Crippen molar-refractivity contribution in [2.45, 2.75) is 6.18 Å². The van der Waals surface area contributed by atoms with Crippen LogP contribution in [0.2, 0.25) is 0 Å². The summed E-state index contributed by atoms with van der Waals surface area (Å²) in [6.07, 6.45) is -3.32. The van der Waals surface area contributed by atoms with Crippen molar-refractivity contribution >= 4 is 29.0 Å². The van der Waals surface area contributed by atoms with Crippen LogP contribution in [0.5, 0.6) is 23.0 Å². The first-order valence-electron chi connectivity index (χ1n) is 13.1. The molecular formula is C32H22F3N3O6. The van der Waals surface area contributed by atoms with Crippen LogP contribution in [0.1, 0.15) is 32.0 Å². The number of carbonyl (C=O) groups is 2. The molecule has 0 aliphatic carbocycles. The van der Waals surface area contributed by atoms with E-state index in [0.717, 1.165) is 6.07 Å². The van der Waals surface area contributed by atoms with Crippen molar-refractivity contribution in [2.75, 3.05) is 13.9 Å². The van der Waals surface area contributed by atoms with Gasteiger partial charge in [0.1, 0.15) is 5.69 Å². The van der Waals surface area contributed by atoms with E-state index in [0.29, 0.717) is 28.2 Å². The van der Waals surface area contributed by atoms with E-state index >= 15 is 0 Å². The molecule has 1 aliphatic rings. The van der Waals surface area contributed by atoms with Crippen molar-refractivity contribution in [3.05, 3.63) is 107 Å². The zero-order valence-electron chi connectivity index (χ0n) is 22.9. The normalized spacial score (nSPS) is 12.5. The van der Waals surface area contributed by atoms with E-state index in [-0.39, 0.29) is 40.5 Å². The van der Waals surface area contributed by atoms with Crippen molar-refractivity contribution < 1.29 is 41.7 Å². The number of nitrogens with zero attached hydrogens (tertiary/aromatic N) is 1. The highest BCUT2D eigenvalue weighted by Crippen LogP contribution is 2.40. The van der Waals surface area contributed by atoms with Crippen LogP contribution in [0.25, 0.3) is 22.0 Å². The highest BCUT2D eigenvalue weighted by molar-refractivity contribution is 6.10. The molecule has 0 radical (unpaired) electrons. The molecule has 0 saturated carbocycles. The molecule has 1 aromatic heterocycles. The van der Waals surface area contributed by atoms with Crippen LogP contribution < -0.4 is 24.4 Å². The number of fused-ring (bicyclic) bond motifs is 2. The van der Waals surface area contributed by atoms with Crippen molar-refractivity contribution in [3.63, 3.8) is 0 Å². The summed E-state index contributed by atoms with van der Waals surface area (Å²) in [4.78, 5) is 28.6. The third-order valence-corrected chi connectivity index (χ3v) is 6.81. The second kappa shape index (κ2) is 11.5. The first-order chi connectivity index (χ1) is 21.2. The van der Waals surface area contributed by atoms with E-state index in [1.54, 1.807) is 48.5 Å². The van der Waals surface area contributed by atoms with E-state index in [4.69, 9.17) is 18.9 Å². The number of hydrogen-bond acceptors (Lipinski definition) is 7. The summed E-state index contributed by atoms with van der Waals surface area (Å²) in [6, 6.07) is 21.7. The van der Waals surface area contributed by atoms with Gasteiger partial charge in [-0.05, 0) is 53.6 Å². The van der Waals surface area contributed by atoms with E-state index in [1.807, 2.05) is 0 Å². The number of rotatable bonds is 7. The molecule has 12 heteroatoms. The molecule has 0 unspecified atom stereocenters. The van der Waals surface area contributed by atoms with Crippen molar-refractivity contribution in [2.24, 2.45) is 5.10 Å². The lowest BCUT2D eigenvalue weighted by Crippen LogP contribution is -2.19. The molecule has 2 N–H and O–H groups in total. The Hall–Kier alpha value is -5.78. The molecule has 0 saturated heterocycles. The number of alkyl halides is 3.